The van der Waals surface area contributed by atoms with Crippen molar-refractivity contribution in [2.75, 3.05) is 5.75 Å². The Labute approximate surface area is 168 Å². The Morgan fingerprint density at radius 2 is 1.82 bits per heavy atom. The van der Waals surface area contributed by atoms with Gasteiger partial charge in [-0.1, -0.05) is 24.3 Å². The summed E-state index contributed by atoms with van der Waals surface area (Å²) in [6.07, 6.45) is 19.6. The molecule has 1 saturated carbocycles. The van der Waals surface area contributed by atoms with Gasteiger partial charge in [-0.2, -0.15) is 0 Å². The Bertz CT molecular complexity index is 352. The van der Waals surface area contributed by atoms with E-state index in [2.05, 4.69) is 17.6 Å². The molecule has 3 rings (SSSR count). The molecule has 1 fully saturated rings. The summed E-state index contributed by atoms with van der Waals surface area (Å²) in [4.78, 5) is 0. The number of halogens is 3. The SMILES string of the molecule is C1=CCSC=C1.FC1=CCC=C1.[Cl-].[Cl-].[Zr+2][SiH2]C1CCCCC1. The third-order valence-corrected chi connectivity index (χ3v) is 9.74. The standard InChI is InChI=1S/C6H13Si.C5H5F.C5H6S.2ClH.Zr/c7-6-4-2-1-3-5-6;6-5-3-1-2-4-5;1-2-4-6-5-3-1;;;/h6H,1-5,7H2;1,3-4H,2H2;1-4H,5H2;2*1H;/q;;;;;+2/p-2. The van der Waals surface area contributed by atoms with E-state index < -0.39 is 0 Å². The zero-order valence-corrected chi connectivity index (χ0v) is 19.0. The van der Waals surface area contributed by atoms with Crippen molar-refractivity contribution in [2.24, 2.45) is 0 Å². The molecule has 6 heteroatoms. The molecular formula is C16H24Cl2FSSiZr. The summed E-state index contributed by atoms with van der Waals surface area (Å²) in [6.45, 7) is 0.458. The van der Waals surface area contributed by atoms with Crippen LogP contribution >= 0.6 is 11.8 Å². The average molecular weight is 458 g/mol. The summed E-state index contributed by atoms with van der Waals surface area (Å²) in [7, 11) is 0. The molecule has 22 heavy (non-hydrogen) atoms. The Balaban J connectivity index is 0. The van der Waals surface area contributed by atoms with Crippen molar-refractivity contribution in [3.63, 3.8) is 0 Å². The van der Waals surface area contributed by atoms with Crippen molar-refractivity contribution in [3.05, 3.63) is 47.7 Å². The Morgan fingerprint density at radius 1 is 1.09 bits per heavy atom. The van der Waals surface area contributed by atoms with E-state index in [4.69, 9.17) is 0 Å². The molecule has 123 valence electrons. The molecule has 0 aromatic rings. The molecular weight excluding hydrogens is 433 g/mol. The van der Waals surface area contributed by atoms with E-state index in [9.17, 15) is 4.39 Å². The molecule has 0 saturated heterocycles. The van der Waals surface area contributed by atoms with Crippen LogP contribution < -0.4 is 24.8 Å². The van der Waals surface area contributed by atoms with Gasteiger partial charge >= 0.3 is 68.2 Å². The summed E-state index contributed by atoms with van der Waals surface area (Å²) in [5.41, 5.74) is 1.27. The van der Waals surface area contributed by atoms with E-state index in [0.717, 1.165) is 12.2 Å². The topological polar surface area (TPSA) is 0 Å². The monoisotopic (exact) mass is 455 g/mol. The Morgan fingerprint density at radius 3 is 2.05 bits per heavy atom. The maximum atomic E-state index is 11.7. The summed E-state index contributed by atoms with van der Waals surface area (Å²) < 4.78 is 11.7. The number of hydrogen-bond acceptors (Lipinski definition) is 1. The molecule has 0 nitrogen and oxygen atoms in total. The van der Waals surface area contributed by atoms with Crippen LogP contribution in [-0.4, -0.2) is 12.4 Å². The molecule has 0 amide bonds. The van der Waals surface area contributed by atoms with Crippen LogP contribution in [0.25, 0.3) is 0 Å². The average Bonchev–Trinajstić information content (AvgIpc) is 3.02. The van der Waals surface area contributed by atoms with Gasteiger partial charge in [-0.25, -0.2) is 4.39 Å². The third-order valence-electron chi connectivity index (χ3n) is 3.35. The molecule has 3 aliphatic rings. The van der Waals surface area contributed by atoms with E-state index in [1.54, 1.807) is 37.8 Å². The van der Waals surface area contributed by atoms with Gasteiger partial charge in [0.1, 0.15) is 5.83 Å². The van der Waals surface area contributed by atoms with Crippen molar-refractivity contribution in [2.45, 2.75) is 44.1 Å². The molecule has 0 radical (unpaired) electrons. The van der Waals surface area contributed by atoms with E-state index in [-0.39, 0.29) is 30.6 Å². The second-order valence-corrected chi connectivity index (χ2v) is 10.5. The number of allylic oxidation sites excluding steroid dienone is 6. The van der Waals surface area contributed by atoms with Crippen LogP contribution in [-0.2, 0) is 23.9 Å². The van der Waals surface area contributed by atoms with Gasteiger partial charge in [0.2, 0.25) is 0 Å². The third kappa shape index (κ3) is 14.5. The first kappa shape index (κ1) is 25.2. The second kappa shape index (κ2) is 18.3. The van der Waals surface area contributed by atoms with Crippen LogP contribution in [0.3, 0.4) is 0 Å². The van der Waals surface area contributed by atoms with Crippen molar-refractivity contribution in [1.82, 2.24) is 0 Å². The summed E-state index contributed by atoms with van der Waals surface area (Å²) in [5, 5.41) is 2.10. The van der Waals surface area contributed by atoms with E-state index in [1.165, 1.54) is 18.0 Å². The molecule has 0 spiro atoms. The van der Waals surface area contributed by atoms with E-state index in [1.807, 2.05) is 41.7 Å². The van der Waals surface area contributed by atoms with Crippen LogP contribution in [0.4, 0.5) is 4.39 Å². The minimum absolute atomic E-state index is 0. The van der Waals surface area contributed by atoms with Gasteiger partial charge in [0.15, 0.2) is 0 Å². The van der Waals surface area contributed by atoms with Gasteiger partial charge in [0, 0.05) is 5.75 Å². The van der Waals surface area contributed by atoms with E-state index in [0.29, 0.717) is 6.65 Å². The maximum absolute atomic E-state index is 11.7. The van der Waals surface area contributed by atoms with Gasteiger partial charge in [-0.05, 0) is 24.0 Å². The van der Waals surface area contributed by atoms with Crippen molar-refractivity contribution in [1.29, 1.82) is 0 Å². The van der Waals surface area contributed by atoms with Crippen LogP contribution in [0, 0.1) is 0 Å². The fourth-order valence-corrected chi connectivity index (χ4v) is 6.70. The van der Waals surface area contributed by atoms with Crippen molar-refractivity contribution < 1.29 is 53.1 Å². The number of rotatable bonds is 1. The summed E-state index contributed by atoms with van der Waals surface area (Å²) >= 11 is 3.71. The van der Waals surface area contributed by atoms with Crippen molar-refractivity contribution >= 4 is 18.4 Å². The predicted molar refractivity (Wildman–Crippen MR) is 89.1 cm³/mol. The fraction of sp³-hybridized carbons (Fsp3) is 0.500. The zero-order valence-electron chi connectivity index (χ0n) is 12.8. The first-order chi connectivity index (χ1) is 9.83. The Kier molecular flexibility index (Phi) is 20.9. The van der Waals surface area contributed by atoms with Crippen LogP contribution in [0.15, 0.2) is 47.7 Å². The van der Waals surface area contributed by atoms with Gasteiger partial charge in [0.25, 0.3) is 0 Å². The van der Waals surface area contributed by atoms with E-state index >= 15 is 0 Å². The van der Waals surface area contributed by atoms with Gasteiger partial charge in [-0.15, -0.1) is 11.8 Å². The number of hydrogen-bond donors (Lipinski definition) is 0. The van der Waals surface area contributed by atoms with Gasteiger partial charge in [-0.3, -0.25) is 0 Å². The van der Waals surface area contributed by atoms with Crippen LogP contribution in [0.1, 0.15) is 38.5 Å². The molecule has 0 N–H and O–H groups in total. The molecule has 0 atom stereocenters. The molecule has 1 heterocycles. The quantitative estimate of drug-likeness (QED) is 0.455. The van der Waals surface area contributed by atoms with Crippen molar-refractivity contribution in [3.8, 4) is 0 Å². The predicted octanol–water partition coefficient (Wildman–Crippen LogP) is -1.02. The number of thioether (sulfide) groups is 1. The molecule has 2 aliphatic carbocycles. The van der Waals surface area contributed by atoms with Crippen LogP contribution in [0.2, 0.25) is 5.54 Å². The minimum atomic E-state index is -0.102. The summed E-state index contributed by atoms with van der Waals surface area (Å²) in [5.74, 6) is 1.05. The van der Waals surface area contributed by atoms with Gasteiger partial charge in [0.05, 0.1) is 0 Å². The molecule has 0 aromatic carbocycles. The fourth-order valence-electron chi connectivity index (χ4n) is 2.17. The molecule has 0 aromatic heterocycles. The first-order valence-electron chi connectivity index (χ1n) is 7.43. The molecule has 0 unspecified atom stereocenters. The normalized spacial score (nSPS) is 19.3. The van der Waals surface area contributed by atoms with Gasteiger partial charge < -0.3 is 24.8 Å². The zero-order chi connectivity index (χ0) is 14.5. The first-order valence-corrected chi connectivity index (χ1v) is 15.2. The molecule has 1 aliphatic heterocycles. The molecule has 0 bridgehead atoms. The summed E-state index contributed by atoms with van der Waals surface area (Å²) in [6, 6.07) is 0. The van der Waals surface area contributed by atoms with Crippen LogP contribution in [0.5, 0.6) is 0 Å². The Hall–Kier alpha value is 0.920. The second-order valence-electron chi connectivity index (χ2n) is 5.03.